The Bertz CT molecular complexity index is 816. The smallest absolute Gasteiger partial charge is 0.408 e. The van der Waals surface area contributed by atoms with Crippen LogP contribution in [-0.2, 0) is 16.1 Å². The fourth-order valence-corrected chi connectivity index (χ4v) is 2.07. The zero-order chi connectivity index (χ0) is 20.6. The zero-order valence-electron chi connectivity index (χ0n) is 16.0. The van der Waals surface area contributed by atoms with Crippen LogP contribution in [0, 0.1) is 0 Å². The molecule has 1 aromatic carbocycles. The molecular weight excluding hydrogens is 362 g/mol. The third kappa shape index (κ3) is 7.40. The van der Waals surface area contributed by atoms with Crippen molar-refractivity contribution in [2.45, 2.75) is 32.9 Å². The highest BCUT2D eigenvalue weighted by Gasteiger charge is 2.16. The first-order chi connectivity index (χ1) is 13.2. The summed E-state index contributed by atoms with van der Waals surface area (Å²) in [6.45, 7) is 5.33. The third-order valence-corrected chi connectivity index (χ3v) is 3.28. The predicted octanol–water partition coefficient (Wildman–Crippen LogP) is 1.87. The van der Waals surface area contributed by atoms with Gasteiger partial charge < -0.3 is 20.7 Å². The Morgan fingerprint density at radius 1 is 1.04 bits per heavy atom. The van der Waals surface area contributed by atoms with Gasteiger partial charge in [-0.25, -0.2) is 9.78 Å². The van der Waals surface area contributed by atoms with Crippen LogP contribution in [-0.4, -0.2) is 40.0 Å². The number of carbonyl (C=O) groups excluding carboxylic acids is 3. The molecule has 0 unspecified atom stereocenters. The number of ether oxygens (including phenoxy) is 1. The maximum atomic E-state index is 11.9. The average Bonchev–Trinajstić information content (AvgIpc) is 2.65. The van der Waals surface area contributed by atoms with Gasteiger partial charge in [0.05, 0.1) is 6.20 Å². The van der Waals surface area contributed by atoms with E-state index in [0.29, 0.717) is 12.2 Å². The maximum absolute atomic E-state index is 11.9. The molecule has 2 aromatic rings. The Balaban J connectivity index is 1.76. The van der Waals surface area contributed by atoms with Crippen LogP contribution in [0.3, 0.4) is 0 Å². The van der Waals surface area contributed by atoms with Crippen LogP contribution in [0.2, 0.25) is 0 Å². The number of hydrogen-bond acceptors (Lipinski definition) is 6. The second kappa shape index (κ2) is 9.45. The summed E-state index contributed by atoms with van der Waals surface area (Å²) in [6.07, 6.45) is 3.67. The van der Waals surface area contributed by atoms with Crippen molar-refractivity contribution in [3.05, 3.63) is 54.1 Å². The van der Waals surface area contributed by atoms with Crippen molar-refractivity contribution in [1.29, 1.82) is 0 Å². The molecular formula is C19H23N5O4. The summed E-state index contributed by atoms with van der Waals surface area (Å²) in [5.74, 6) is -0.701. The number of rotatable bonds is 6. The van der Waals surface area contributed by atoms with E-state index >= 15 is 0 Å². The highest BCUT2D eigenvalue weighted by Crippen LogP contribution is 2.10. The number of aromatic nitrogens is 2. The lowest BCUT2D eigenvalue weighted by Gasteiger charge is -2.19. The first-order valence-corrected chi connectivity index (χ1v) is 8.63. The number of nitrogens with one attached hydrogen (secondary N) is 3. The molecule has 0 fully saturated rings. The normalized spacial score (nSPS) is 10.7. The van der Waals surface area contributed by atoms with Gasteiger partial charge in [0.25, 0.3) is 5.91 Å². The molecule has 3 amide bonds. The summed E-state index contributed by atoms with van der Waals surface area (Å²) < 4.78 is 5.06. The van der Waals surface area contributed by atoms with Gasteiger partial charge >= 0.3 is 6.09 Å². The van der Waals surface area contributed by atoms with E-state index in [0.717, 1.165) is 5.56 Å². The van der Waals surface area contributed by atoms with Gasteiger partial charge in [-0.1, -0.05) is 12.1 Å². The molecule has 0 aliphatic rings. The minimum atomic E-state index is -0.656. The third-order valence-electron chi connectivity index (χ3n) is 3.28. The van der Waals surface area contributed by atoms with Crippen LogP contribution < -0.4 is 16.0 Å². The van der Waals surface area contributed by atoms with E-state index in [2.05, 4.69) is 25.9 Å². The van der Waals surface area contributed by atoms with Gasteiger partial charge in [-0.15, -0.1) is 0 Å². The van der Waals surface area contributed by atoms with Crippen molar-refractivity contribution in [3.63, 3.8) is 0 Å². The van der Waals surface area contributed by atoms with Crippen LogP contribution in [0.15, 0.2) is 42.9 Å². The highest BCUT2D eigenvalue weighted by molar-refractivity contribution is 5.94. The van der Waals surface area contributed by atoms with E-state index in [1.54, 1.807) is 45.0 Å². The van der Waals surface area contributed by atoms with E-state index in [4.69, 9.17) is 4.74 Å². The summed E-state index contributed by atoms with van der Waals surface area (Å²) in [5, 5.41) is 7.79. The summed E-state index contributed by atoms with van der Waals surface area (Å²) >= 11 is 0. The highest BCUT2D eigenvalue weighted by atomic mass is 16.6. The van der Waals surface area contributed by atoms with Crippen molar-refractivity contribution < 1.29 is 19.1 Å². The quantitative estimate of drug-likeness (QED) is 0.698. The molecule has 0 spiro atoms. The van der Waals surface area contributed by atoms with Crippen molar-refractivity contribution >= 4 is 23.6 Å². The van der Waals surface area contributed by atoms with E-state index in [-0.39, 0.29) is 24.1 Å². The van der Waals surface area contributed by atoms with Crippen LogP contribution in [0.1, 0.15) is 36.8 Å². The number of benzene rings is 1. The Morgan fingerprint density at radius 3 is 2.36 bits per heavy atom. The van der Waals surface area contributed by atoms with Crippen LogP contribution in [0.5, 0.6) is 0 Å². The SMILES string of the molecule is CC(C)(C)OC(=O)NCC(=O)Nc1ccc(CNC(=O)c2cnccn2)cc1. The van der Waals surface area contributed by atoms with Crippen molar-refractivity contribution in [2.75, 3.05) is 11.9 Å². The molecule has 0 aliphatic heterocycles. The average molecular weight is 385 g/mol. The molecule has 0 saturated heterocycles. The molecule has 9 heteroatoms. The molecule has 9 nitrogen and oxygen atoms in total. The molecule has 0 atom stereocenters. The molecule has 0 saturated carbocycles. The van der Waals surface area contributed by atoms with Crippen LogP contribution in [0.4, 0.5) is 10.5 Å². The number of alkyl carbamates (subject to hydrolysis) is 1. The fourth-order valence-electron chi connectivity index (χ4n) is 2.07. The van der Waals surface area contributed by atoms with E-state index < -0.39 is 11.7 Å². The van der Waals surface area contributed by atoms with E-state index in [1.165, 1.54) is 18.6 Å². The Labute approximate surface area is 162 Å². The van der Waals surface area contributed by atoms with Crippen LogP contribution in [0.25, 0.3) is 0 Å². The lowest BCUT2D eigenvalue weighted by molar-refractivity contribution is -0.115. The second-order valence-electron chi connectivity index (χ2n) is 6.87. The molecule has 2 rings (SSSR count). The predicted molar refractivity (Wildman–Crippen MR) is 103 cm³/mol. The van der Waals surface area contributed by atoms with Gasteiger partial charge in [-0.2, -0.15) is 0 Å². The summed E-state index contributed by atoms with van der Waals surface area (Å²) in [6, 6.07) is 6.95. The Morgan fingerprint density at radius 2 is 1.75 bits per heavy atom. The van der Waals surface area contributed by atoms with Crippen molar-refractivity contribution in [3.8, 4) is 0 Å². The maximum Gasteiger partial charge on any atom is 0.408 e. The summed E-state index contributed by atoms with van der Waals surface area (Å²) in [4.78, 5) is 43.1. The monoisotopic (exact) mass is 385 g/mol. The van der Waals surface area contributed by atoms with Crippen molar-refractivity contribution in [2.24, 2.45) is 0 Å². The molecule has 28 heavy (non-hydrogen) atoms. The summed E-state index contributed by atoms with van der Waals surface area (Å²) in [7, 11) is 0. The molecule has 0 bridgehead atoms. The topological polar surface area (TPSA) is 122 Å². The Hall–Kier alpha value is -3.49. The van der Waals surface area contributed by atoms with Gasteiger partial charge in [-0.3, -0.25) is 14.6 Å². The number of nitrogens with zero attached hydrogens (tertiary/aromatic N) is 2. The van der Waals surface area contributed by atoms with Gasteiger partial charge in [0.15, 0.2) is 0 Å². The van der Waals surface area contributed by atoms with Gasteiger partial charge in [-0.05, 0) is 38.5 Å². The summed E-state index contributed by atoms with van der Waals surface area (Å²) in [5.41, 5.74) is 1.03. The van der Waals surface area contributed by atoms with Gasteiger partial charge in [0, 0.05) is 24.6 Å². The molecule has 0 aliphatic carbocycles. The molecule has 0 radical (unpaired) electrons. The lowest BCUT2D eigenvalue weighted by atomic mass is 10.2. The first kappa shape index (κ1) is 20.8. The minimum Gasteiger partial charge on any atom is -0.444 e. The lowest BCUT2D eigenvalue weighted by Crippen LogP contribution is -2.37. The first-order valence-electron chi connectivity index (χ1n) is 8.63. The van der Waals surface area contributed by atoms with Crippen LogP contribution >= 0.6 is 0 Å². The fraction of sp³-hybridized carbons (Fsp3) is 0.316. The Kier molecular flexibility index (Phi) is 7.02. The van der Waals surface area contributed by atoms with Crippen molar-refractivity contribution in [1.82, 2.24) is 20.6 Å². The number of hydrogen-bond donors (Lipinski definition) is 3. The largest absolute Gasteiger partial charge is 0.444 e. The molecule has 1 heterocycles. The molecule has 148 valence electrons. The molecule has 1 aromatic heterocycles. The van der Waals surface area contributed by atoms with Gasteiger partial charge in [0.2, 0.25) is 5.91 Å². The standard InChI is InChI=1S/C19H23N5O4/c1-19(2,3)28-18(27)23-12-16(25)24-14-6-4-13(5-7-14)10-22-17(26)15-11-20-8-9-21-15/h4-9,11H,10,12H2,1-3H3,(H,22,26)(H,23,27)(H,24,25). The van der Waals surface area contributed by atoms with Gasteiger partial charge in [0.1, 0.15) is 17.8 Å². The number of carbonyl (C=O) groups is 3. The number of anilines is 1. The number of amides is 3. The minimum absolute atomic E-state index is 0.204. The van der Waals surface area contributed by atoms with E-state index in [1.807, 2.05) is 0 Å². The van der Waals surface area contributed by atoms with E-state index in [9.17, 15) is 14.4 Å². The zero-order valence-corrected chi connectivity index (χ0v) is 16.0. The second-order valence-corrected chi connectivity index (χ2v) is 6.87. The molecule has 3 N–H and O–H groups in total.